The Hall–Kier alpha value is -2.00. The zero-order chi connectivity index (χ0) is 14.9. The summed E-state index contributed by atoms with van der Waals surface area (Å²) < 4.78 is 27.2. The van der Waals surface area contributed by atoms with Gasteiger partial charge in [0.05, 0.1) is 0 Å². The number of anilines is 1. The fourth-order valence-corrected chi connectivity index (χ4v) is 3.13. The Morgan fingerprint density at radius 3 is 2.90 bits per heavy atom. The molecule has 0 unspecified atom stereocenters. The van der Waals surface area contributed by atoms with Crippen molar-refractivity contribution in [2.75, 3.05) is 4.72 Å². The van der Waals surface area contributed by atoms with Gasteiger partial charge < -0.3 is 5.32 Å². The van der Waals surface area contributed by atoms with Gasteiger partial charge in [-0.2, -0.15) is 18.6 Å². The Bertz CT molecular complexity index is 723. The van der Waals surface area contributed by atoms with Crippen molar-refractivity contribution in [3.05, 3.63) is 29.6 Å². The molecule has 0 bridgehead atoms. The van der Waals surface area contributed by atoms with Gasteiger partial charge >= 0.3 is 0 Å². The maximum atomic E-state index is 12.4. The van der Waals surface area contributed by atoms with E-state index in [1.165, 1.54) is 12.3 Å². The number of aromatic nitrogens is 4. The van der Waals surface area contributed by atoms with Crippen molar-refractivity contribution in [3.8, 4) is 0 Å². The number of hydrogen-bond donors (Lipinski definition) is 3. The molecule has 112 valence electrons. The summed E-state index contributed by atoms with van der Waals surface area (Å²) in [6.45, 7) is 2.28. The van der Waals surface area contributed by atoms with Crippen LogP contribution in [0.25, 0.3) is 0 Å². The van der Waals surface area contributed by atoms with Crippen molar-refractivity contribution in [2.24, 2.45) is 0 Å². The van der Waals surface area contributed by atoms with E-state index in [4.69, 9.17) is 0 Å². The first-order valence-corrected chi connectivity index (χ1v) is 8.12. The van der Waals surface area contributed by atoms with Gasteiger partial charge in [-0.05, 0) is 31.9 Å². The van der Waals surface area contributed by atoms with Crippen LogP contribution in [0.3, 0.4) is 0 Å². The minimum Gasteiger partial charge on any atom is -0.310 e. The van der Waals surface area contributed by atoms with Crippen molar-refractivity contribution < 1.29 is 8.42 Å². The maximum Gasteiger partial charge on any atom is 0.282 e. The van der Waals surface area contributed by atoms with Gasteiger partial charge in [-0.15, -0.1) is 5.10 Å². The van der Waals surface area contributed by atoms with Crippen molar-refractivity contribution in [1.29, 1.82) is 0 Å². The summed E-state index contributed by atoms with van der Waals surface area (Å²) in [6.07, 6.45) is 3.75. The van der Waals surface area contributed by atoms with Crippen LogP contribution in [-0.2, 0) is 16.6 Å². The SMILES string of the molecule is Cc1[nH]nc(S(=O)(=O)Nc2cccnn2)c1CNC1CC1. The van der Waals surface area contributed by atoms with E-state index in [9.17, 15) is 8.42 Å². The number of aryl methyl sites for hydroxylation is 1. The minimum atomic E-state index is -3.79. The quantitative estimate of drug-likeness (QED) is 0.719. The van der Waals surface area contributed by atoms with Crippen LogP contribution in [0.15, 0.2) is 23.4 Å². The van der Waals surface area contributed by atoms with Crippen molar-refractivity contribution in [3.63, 3.8) is 0 Å². The lowest BCUT2D eigenvalue weighted by atomic mass is 10.2. The summed E-state index contributed by atoms with van der Waals surface area (Å²) in [5.74, 6) is 0.166. The average molecular weight is 308 g/mol. The van der Waals surface area contributed by atoms with Gasteiger partial charge in [0, 0.05) is 30.0 Å². The molecule has 1 saturated carbocycles. The summed E-state index contributed by atoms with van der Waals surface area (Å²) >= 11 is 0. The first kappa shape index (κ1) is 14.0. The number of nitrogens with one attached hydrogen (secondary N) is 3. The second-order valence-electron chi connectivity index (χ2n) is 5.00. The second-order valence-corrected chi connectivity index (χ2v) is 6.60. The largest absolute Gasteiger partial charge is 0.310 e. The van der Waals surface area contributed by atoms with Crippen molar-refractivity contribution in [2.45, 2.75) is 37.4 Å². The van der Waals surface area contributed by atoms with E-state index in [-0.39, 0.29) is 10.8 Å². The van der Waals surface area contributed by atoms with Gasteiger partial charge in [-0.25, -0.2) is 0 Å². The van der Waals surface area contributed by atoms with Crippen LogP contribution >= 0.6 is 0 Å². The standard InChI is InChI=1S/C12H16N6O2S/c1-8-10(7-13-9-4-5-9)12(17-15-8)21(19,20)18-11-3-2-6-14-16-11/h2-3,6,9,13H,4-5,7H2,1H3,(H,15,17)(H,16,18). The number of nitrogens with zero attached hydrogens (tertiary/aromatic N) is 3. The third kappa shape index (κ3) is 3.19. The Kier molecular flexibility index (Phi) is 3.60. The smallest absolute Gasteiger partial charge is 0.282 e. The minimum absolute atomic E-state index is 0.00111. The molecule has 21 heavy (non-hydrogen) atoms. The van der Waals surface area contributed by atoms with Gasteiger partial charge in [0.2, 0.25) is 5.03 Å². The molecule has 0 saturated heterocycles. The van der Waals surface area contributed by atoms with E-state index in [1.54, 1.807) is 13.0 Å². The van der Waals surface area contributed by atoms with Gasteiger partial charge in [0.25, 0.3) is 10.0 Å². The highest BCUT2D eigenvalue weighted by molar-refractivity contribution is 7.92. The summed E-state index contributed by atoms with van der Waals surface area (Å²) in [5.41, 5.74) is 1.39. The van der Waals surface area contributed by atoms with Crippen LogP contribution in [0.2, 0.25) is 0 Å². The topological polar surface area (TPSA) is 113 Å². The Labute approximate surface area is 122 Å². The molecule has 2 aromatic rings. The van der Waals surface area contributed by atoms with Gasteiger partial charge in [0.1, 0.15) is 0 Å². The number of H-pyrrole nitrogens is 1. The molecule has 3 rings (SSSR count). The van der Waals surface area contributed by atoms with Crippen LogP contribution < -0.4 is 10.0 Å². The third-order valence-electron chi connectivity index (χ3n) is 3.25. The molecule has 1 aliphatic rings. The average Bonchev–Trinajstić information content (AvgIpc) is 3.20. The van der Waals surface area contributed by atoms with Gasteiger partial charge in [-0.3, -0.25) is 9.82 Å². The predicted molar refractivity (Wildman–Crippen MR) is 76.0 cm³/mol. The number of aromatic amines is 1. The van der Waals surface area contributed by atoms with Crippen LogP contribution in [0.4, 0.5) is 5.82 Å². The molecule has 0 spiro atoms. The molecule has 0 aliphatic heterocycles. The van der Waals surface area contributed by atoms with E-state index < -0.39 is 10.0 Å². The molecule has 0 radical (unpaired) electrons. The van der Waals surface area contributed by atoms with E-state index >= 15 is 0 Å². The summed E-state index contributed by atoms with van der Waals surface area (Å²) in [4.78, 5) is 0. The normalized spacial score (nSPS) is 15.1. The lowest BCUT2D eigenvalue weighted by Gasteiger charge is -2.07. The highest BCUT2D eigenvalue weighted by atomic mass is 32.2. The van der Waals surface area contributed by atoms with E-state index in [1.807, 2.05) is 0 Å². The van der Waals surface area contributed by atoms with E-state index in [0.29, 0.717) is 18.2 Å². The van der Waals surface area contributed by atoms with Gasteiger partial charge in [-0.1, -0.05) is 0 Å². The predicted octanol–water partition coefficient (Wildman–Crippen LogP) is 0.561. The Balaban J connectivity index is 1.84. The molecule has 2 heterocycles. The van der Waals surface area contributed by atoms with Crippen LogP contribution in [0.1, 0.15) is 24.1 Å². The molecule has 9 heteroatoms. The molecular weight excluding hydrogens is 292 g/mol. The van der Waals surface area contributed by atoms with Crippen molar-refractivity contribution >= 4 is 15.8 Å². The monoisotopic (exact) mass is 308 g/mol. The molecule has 2 aromatic heterocycles. The van der Waals surface area contributed by atoms with Crippen LogP contribution in [0, 0.1) is 6.92 Å². The summed E-state index contributed by atoms with van der Waals surface area (Å²) in [5, 5.41) is 17.3. The Morgan fingerprint density at radius 1 is 1.43 bits per heavy atom. The lowest BCUT2D eigenvalue weighted by Crippen LogP contribution is -2.20. The number of hydrogen-bond acceptors (Lipinski definition) is 6. The van der Waals surface area contributed by atoms with Crippen LogP contribution in [-0.4, -0.2) is 34.9 Å². The molecule has 0 atom stereocenters. The Morgan fingerprint density at radius 2 is 2.24 bits per heavy atom. The highest BCUT2D eigenvalue weighted by Gasteiger charge is 2.26. The first-order valence-electron chi connectivity index (χ1n) is 6.64. The molecule has 8 nitrogen and oxygen atoms in total. The summed E-state index contributed by atoms with van der Waals surface area (Å²) in [6, 6.07) is 3.63. The molecule has 3 N–H and O–H groups in total. The maximum absolute atomic E-state index is 12.4. The number of rotatable bonds is 6. The van der Waals surface area contributed by atoms with E-state index in [0.717, 1.165) is 18.5 Å². The van der Waals surface area contributed by atoms with Crippen LogP contribution in [0.5, 0.6) is 0 Å². The molecule has 0 aromatic carbocycles. The zero-order valence-electron chi connectivity index (χ0n) is 11.5. The number of sulfonamides is 1. The first-order chi connectivity index (χ1) is 10.1. The second kappa shape index (κ2) is 5.41. The van der Waals surface area contributed by atoms with Gasteiger partial charge in [0.15, 0.2) is 5.82 Å². The highest BCUT2D eigenvalue weighted by Crippen LogP contribution is 2.22. The summed E-state index contributed by atoms with van der Waals surface area (Å²) in [7, 11) is -3.79. The van der Waals surface area contributed by atoms with Crippen molar-refractivity contribution in [1.82, 2.24) is 25.7 Å². The molecule has 1 aliphatic carbocycles. The fourth-order valence-electron chi connectivity index (χ4n) is 1.94. The van der Waals surface area contributed by atoms with E-state index in [2.05, 4.69) is 30.4 Å². The molecule has 0 amide bonds. The third-order valence-corrected chi connectivity index (χ3v) is 4.57. The fraction of sp³-hybridized carbons (Fsp3) is 0.417. The molecule has 1 fully saturated rings. The molecular formula is C12H16N6O2S. The lowest BCUT2D eigenvalue weighted by molar-refractivity contribution is 0.593. The zero-order valence-corrected chi connectivity index (χ0v) is 12.3.